The summed E-state index contributed by atoms with van der Waals surface area (Å²) in [5, 5.41) is 3.99. The van der Waals surface area contributed by atoms with Crippen LogP contribution >= 0.6 is 11.6 Å². The van der Waals surface area contributed by atoms with Crippen LogP contribution in [0.2, 0.25) is 5.02 Å². The zero-order valence-electron chi connectivity index (χ0n) is 24.2. The standard InChI is InChI=1S/C32H32ClN7O3/c1-21-6-4-7-23(14-21)18-40-19-35-28-29(34-17-22-10-11-26-27(15-22)43-20-42-26)36-32(37-30(28)40)39(3)13-12-38(2)31(41)24-8-5-9-25(33)16-24/h4-11,14-16,19H,12-13,17-18,20H2,1-3H3,(H,34,36,37). The van der Waals surface area contributed by atoms with Crippen LogP contribution in [-0.2, 0) is 13.1 Å². The normalized spacial score (nSPS) is 12.0. The van der Waals surface area contributed by atoms with Crippen LogP contribution in [0.25, 0.3) is 11.2 Å². The second-order valence-electron chi connectivity index (χ2n) is 10.6. The molecule has 1 aliphatic heterocycles. The maximum Gasteiger partial charge on any atom is 0.253 e. The largest absolute Gasteiger partial charge is 0.454 e. The van der Waals surface area contributed by atoms with Gasteiger partial charge >= 0.3 is 0 Å². The molecule has 0 bridgehead atoms. The summed E-state index contributed by atoms with van der Waals surface area (Å²) < 4.78 is 13.0. The molecule has 0 radical (unpaired) electrons. The van der Waals surface area contributed by atoms with Crippen molar-refractivity contribution in [2.45, 2.75) is 20.0 Å². The van der Waals surface area contributed by atoms with Crippen LogP contribution in [0.3, 0.4) is 0 Å². The van der Waals surface area contributed by atoms with E-state index in [4.69, 9.17) is 36.0 Å². The lowest BCUT2D eigenvalue weighted by Crippen LogP contribution is -2.35. The van der Waals surface area contributed by atoms with E-state index in [1.54, 1.807) is 42.5 Å². The number of hydrogen-bond acceptors (Lipinski definition) is 8. The van der Waals surface area contributed by atoms with Gasteiger partial charge in [-0.1, -0.05) is 53.6 Å². The van der Waals surface area contributed by atoms with Crippen molar-refractivity contribution in [3.8, 4) is 11.5 Å². The van der Waals surface area contributed by atoms with Crippen LogP contribution in [0.15, 0.2) is 73.1 Å². The average Bonchev–Trinajstić information content (AvgIpc) is 3.65. The maximum atomic E-state index is 13.0. The highest BCUT2D eigenvalue weighted by molar-refractivity contribution is 6.30. The van der Waals surface area contributed by atoms with E-state index in [1.807, 2.05) is 34.7 Å². The van der Waals surface area contributed by atoms with E-state index in [0.717, 1.165) is 28.3 Å². The molecule has 10 nitrogen and oxygen atoms in total. The Balaban J connectivity index is 1.25. The van der Waals surface area contributed by atoms with E-state index in [1.165, 1.54) is 5.56 Å². The Hall–Kier alpha value is -4.83. The fourth-order valence-corrected chi connectivity index (χ4v) is 5.12. The molecule has 11 heteroatoms. The molecule has 3 heterocycles. The Bertz CT molecular complexity index is 1790. The van der Waals surface area contributed by atoms with Crippen LogP contribution in [0, 0.1) is 6.92 Å². The number of aryl methyl sites for hydroxylation is 1. The molecule has 0 unspecified atom stereocenters. The van der Waals surface area contributed by atoms with Gasteiger partial charge in [0.05, 0.1) is 12.9 Å². The van der Waals surface area contributed by atoms with E-state index in [-0.39, 0.29) is 12.7 Å². The maximum absolute atomic E-state index is 13.0. The Morgan fingerprint density at radius 2 is 1.81 bits per heavy atom. The molecule has 220 valence electrons. The van der Waals surface area contributed by atoms with Crippen LogP contribution < -0.4 is 19.7 Å². The Labute approximate surface area is 254 Å². The summed E-state index contributed by atoms with van der Waals surface area (Å²) in [6.45, 7) is 4.42. The number of amides is 1. The molecule has 0 saturated heterocycles. The molecule has 1 amide bonds. The number of anilines is 2. The topological polar surface area (TPSA) is 97.6 Å². The van der Waals surface area contributed by atoms with Crippen molar-refractivity contribution < 1.29 is 14.3 Å². The summed E-state index contributed by atoms with van der Waals surface area (Å²) in [5.41, 5.74) is 5.31. The fourth-order valence-electron chi connectivity index (χ4n) is 4.93. The summed E-state index contributed by atoms with van der Waals surface area (Å²) >= 11 is 6.10. The van der Waals surface area contributed by atoms with Gasteiger partial charge in [0.1, 0.15) is 0 Å². The number of imidazole rings is 1. The number of benzene rings is 3. The number of carbonyl (C=O) groups is 1. The van der Waals surface area contributed by atoms with Crippen LogP contribution in [0.4, 0.5) is 11.8 Å². The van der Waals surface area contributed by atoms with Crippen LogP contribution in [-0.4, -0.2) is 64.3 Å². The van der Waals surface area contributed by atoms with Gasteiger partial charge in [-0.2, -0.15) is 9.97 Å². The lowest BCUT2D eigenvalue weighted by atomic mass is 10.1. The van der Waals surface area contributed by atoms with Gasteiger partial charge in [0.2, 0.25) is 12.7 Å². The number of fused-ring (bicyclic) bond motifs is 2. The molecule has 1 N–H and O–H groups in total. The van der Waals surface area contributed by atoms with Gasteiger partial charge in [-0.15, -0.1) is 0 Å². The number of nitrogens with zero attached hydrogens (tertiary/aromatic N) is 6. The smallest absolute Gasteiger partial charge is 0.253 e. The summed E-state index contributed by atoms with van der Waals surface area (Å²) in [5.74, 6) is 2.51. The third kappa shape index (κ3) is 6.34. The fraction of sp³-hybridized carbons (Fsp3) is 0.250. The van der Waals surface area contributed by atoms with Crippen molar-refractivity contribution in [2.75, 3.05) is 44.2 Å². The summed E-state index contributed by atoms with van der Waals surface area (Å²) in [6.07, 6.45) is 1.80. The number of nitrogens with one attached hydrogen (secondary N) is 1. The molecular weight excluding hydrogens is 566 g/mol. The molecule has 0 fully saturated rings. The molecule has 0 aliphatic carbocycles. The first kappa shape index (κ1) is 28.3. The van der Waals surface area contributed by atoms with Gasteiger partial charge in [0, 0.05) is 44.3 Å². The van der Waals surface area contributed by atoms with Crippen molar-refractivity contribution in [3.05, 3.63) is 100 Å². The van der Waals surface area contributed by atoms with Gasteiger partial charge in [-0.3, -0.25) is 4.79 Å². The molecule has 5 aromatic rings. The van der Waals surface area contributed by atoms with Crippen LogP contribution in [0.1, 0.15) is 27.0 Å². The van der Waals surface area contributed by atoms with Crippen molar-refractivity contribution in [2.24, 2.45) is 0 Å². The number of aromatic nitrogens is 4. The number of ether oxygens (including phenoxy) is 2. The molecule has 6 rings (SSSR count). The number of likely N-dealkylation sites (N-methyl/N-ethyl adjacent to an activating group) is 2. The Morgan fingerprint density at radius 1 is 0.977 bits per heavy atom. The molecule has 0 saturated carbocycles. The van der Waals surface area contributed by atoms with Gasteiger partial charge in [-0.05, 0) is 48.4 Å². The van der Waals surface area contributed by atoms with E-state index in [0.29, 0.717) is 54.0 Å². The van der Waals surface area contributed by atoms with Crippen LogP contribution in [0.5, 0.6) is 11.5 Å². The molecule has 3 aromatic carbocycles. The summed E-state index contributed by atoms with van der Waals surface area (Å²) in [6, 6.07) is 21.2. The molecule has 43 heavy (non-hydrogen) atoms. The minimum atomic E-state index is -0.102. The molecular formula is C32H32ClN7O3. The predicted molar refractivity (Wildman–Crippen MR) is 167 cm³/mol. The third-order valence-electron chi connectivity index (χ3n) is 7.31. The quantitative estimate of drug-likeness (QED) is 0.229. The lowest BCUT2D eigenvalue weighted by molar-refractivity contribution is 0.0798. The minimum absolute atomic E-state index is 0.102. The van der Waals surface area contributed by atoms with Crippen molar-refractivity contribution in [3.63, 3.8) is 0 Å². The first-order chi connectivity index (χ1) is 20.8. The van der Waals surface area contributed by atoms with E-state index >= 15 is 0 Å². The Morgan fingerprint density at radius 3 is 2.65 bits per heavy atom. The molecule has 1 aliphatic rings. The second kappa shape index (κ2) is 12.2. The lowest BCUT2D eigenvalue weighted by Gasteiger charge is -2.23. The third-order valence-corrected chi connectivity index (χ3v) is 7.55. The predicted octanol–water partition coefficient (Wildman–Crippen LogP) is 5.39. The van der Waals surface area contributed by atoms with Gasteiger partial charge in [0.15, 0.2) is 28.5 Å². The van der Waals surface area contributed by atoms with Crippen molar-refractivity contribution >= 4 is 40.4 Å². The van der Waals surface area contributed by atoms with Gasteiger partial charge < -0.3 is 29.2 Å². The SMILES string of the molecule is Cc1cccc(Cn2cnc3c(NCc4ccc5c(c4)OCO5)nc(N(C)CCN(C)C(=O)c4cccc(Cl)c4)nc32)c1. The van der Waals surface area contributed by atoms with Crippen molar-refractivity contribution in [1.82, 2.24) is 24.4 Å². The highest BCUT2D eigenvalue weighted by Crippen LogP contribution is 2.33. The number of halogens is 1. The monoisotopic (exact) mass is 597 g/mol. The highest BCUT2D eigenvalue weighted by atomic mass is 35.5. The first-order valence-corrected chi connectivity index (χ1v) is 14.3. The second-order valence-corrected chi connectivity index (χ2v) is 11.0. The van der Waals surface area contributed by atoms with Gasteiger partial charge in [-0.25, -0.2) is 4.98 Å². The highest BCUT2D eigenvalue weighted by Gasteiger charge is 2.19. The first-order valence-electron chi connectivity index (χ1n) is 14.0. The zero-order valence-corrected chi connectivity index (χ0v) is 25.0. The van der Waals surface area contributed by atoms with E-state index in [9.17, 15) is 4.79 Å². The molecule has 2 aromatic heterocycles. The molecule has 0 spiro atoms. The summed E-state index contributed by atoms with van der Waals surface area (Å²) in [4.78, 5) is 31.0. The zero-order chi connectivity index (χ0) is 29.9. The number of carbonyl (C=O) groups excluding carboxylic acids is 1. The summed E-state index contributed by atoms with van der Waals surface area (Å²) in [7, 11) is 3.69. The van der Waals surface area contributed by atoms with E-state index < -0.39 is 0 Å². The van der Waals surface area contributed by atoms with Crippen molar-refractivity contribution in [1.29, 1.82) is 0 Å². The average molecular weight is 598 g/mol. The number of hydrogen-bond donors (Lipinski definition) is 1. The van der Waals surface area contributed by atoms with E-state index in [2.05, 4.69) is 36.5 Å². The van der Waals surface area contributed by atoms with Gasteiger partial charge in [0.25, 0.3) is 5.91 Å². The number of rotatable bonds is 10. The minimum Gasteiger partial charge on any atom is -0.454 e. The Kier molecular flexibility index (Phi) is 8.02. The molecule has 0 atom stereocenters.